The average Bonchev–Trinajstić information content (AvgIpc) is 2.78. The van der Waals surface area contributed by atoms with Crippen LogP contribution in [0.25, 0.3) is 16.7 Å². The minimum atomic E-state index is -0.408. The zero-order valence-electron chi connectivity index (χ0n) is 10.9. The van der Waals surface area contributed by atoms with Crippen molar-refractivity contribution in [3.63, 3.8) is 0 Å². The van der Waals surface area contributed by atoms with Crippen LogP contribution in [0.5, 0.6) is 0 Å². The first kappa shape index (κ1) is 14.5. The van der Waals surface area contributed by atoms with Crippen molar-refractivity contribution in [3.8, 4) is 5.69 Å². The zero-order valence-corrected chi connectivity index (χ0v) is 13.3. The molecule has 0 amide bonds. The van der Waals surface area contributed by atoms with Gasteiger partial charge in [0, 0.05) is 6.07 Å². The first-order valence-corrected chi connectivity index (χ1v) is 7.47. The van der Waals surface area contributed by atoms with E-state index in [9.17, 15) is 8.78 Å². The monoisotopic (exact) mass is 370 g/mol. The smallest absolute Gasteiger partial charge is 0.139 e. The molecule has 1 unspecified atom stereocenters. The highest BCUT2D eigenvalue weighted by atomic mass is 79.9. The number of rotatable bonds is 2. The van der Waals surface area contributed by atoms with Gasteiger partial charge in [-0.1, -0.05) is 6.07 Å². The molecule has 0 aliphatic carbocycles. The van der Waals surface area contributed by atoms with Crippen molar-refractivity contribution in [1.29, 1.82) is 0 Å². The van der Waals surface area contributed by atoms with Crippen LogP contribution in [0.4, 0.5) is 8.78 Å². The van der Waals surface area contributed by atoms with Crippen LogP contribution in [0, 0.1) is 11.6 Å². The Morgan fingerprint density at radius 3 is 2.67 bits per heavy atom. The SMILES string of the molecule is CC(Cl)c1nc2cc(Br)c(F)cc2n1-c1cccc(F)c1. The fourth-order valence-corrected chi connectivity index (χ4v) is 2.72. The molecule has 0 saturated carbocycles. The quantitative estimate of drug-likeness (QED) is 0.554. The van der Waals surface area contributed by atoms with Gasteiger partial charge in [0.15, 0.2) is 0 Å². The van der Waals surface area contributed by atoms with Crippen LogP contribution >= 0.6 is 27.5 Å². The van der Waals surface area contributed by atoms with Crippen LogP contribution in [-0.2, 0) is 0 Å². The Morgan fingerprint density at radius 1 is 1.24 bits per heavy atom. The third kappa shape index (κ3) is 2.56. The summed E-state index contributed by atoms with van der Waals surface area (Å²) < 4.78 is 29.3. The number of alkyl halides is 1. The van der Waals surface area contributed by atoms with Gasteiger partial charge in [-0.15, -0.1) is 11.6 Å². The third-order valence-electron chi connectivity index (χ3n) is 3.14. The molecule has 0 bridgehead atoms. The number of fused-ring (bicyclic) bond motifs is 1. The molecule has 2 nitrogen and oxygen atoms in total. The molecule has 0 spiro atoms. The highest BCUT2D eigenvalue weighted by Crippen LogP contribution is 2.31. The maximum Gasteiger partial charge on any atom is 0.139 e. The average molecular weight is 372 g/mol. The molecule has 0 saturated heterocycles. The summed E-state index contributed by atoms with van der Waals surface area (Å²) in [5, 5.41) is -0.400. The van der Waals surface area contributed by atoms with E-state index in [1.807, 2.05) is 0 Å². The largest absolute Gasteiger partial charge is 0.295 e. The van der Waals surface area contributed by atoms with Crippen molar-refractivity contribution in [3.05, 3.63) is 58.3 Å². The molecule has 3 rings (SSSR count). The molecule has 21 heavy (non-hydrogen) atoms. The van der Waals surface area contributed by atoms with Crippen LogP contribution < -0.4 is 0 Å². The van der Waals surface area contributed by atoms with Gasteiger partial charge in [0.05, 0.1) is 26.6 Å². The first-order chi connectivity index (χ1) is 9.97. The van der Waals surface area contributed by atoms with Crippen molar-refractivity contribution < 1.29 is 8.78 Å². The summed E-state index contributed by atoms with van der Waals surface area (Å²) in [7, 11) is 0. The van der Waals surface area contributed by atoms with E-state index in [-0.39, 0.29) is 5.82 Å². The first-order valence-electron chi connectivity index (χ1n) is 6.25. The molecular formula is C15H10BrClF2N2. The number of hydrogen-bond donors (Lipinski definition) is 0. The molecule has 2 aromatic carbocycles. The lowest BCUT2D eigenvalue weighted by atomic mass is 10.2. The maximum absolute atomic E-state index is 13.8. The molecule has 3 aromatic rings. The van der Waals surface area contributed by atoms with Gasteiger partial charge in [-0.25, -0.2) is 13.8 Å². The fraction of sp³-hybridized carbons (Fsp3) is 0.133. The normalized spacial score (nSPS) is 12.8. The molecule has 0 aliphatic rings. The van der Waals surface area contributed by atoms with E-state index in [0.717, 1.165) is 0 Å². The Balaban J connectivity index is 2.38. The predicted molar refractivity (Wildman–Crippen MR) is 83.0 cm³/mol. The van der Waals surface area contributed by atoms with E-state index in [2.05, 4.69) is 20.9 Å². The highest BCUT2D eigenvalue weighted by Gasteiger charge is 2.18. The van der Waals surface area contributed by atoms with Crippen LogP contribution in [0.3, 0.4) is 0 Å². The lowest BCUT2D eigenvalue weighted by molar-refractivity contribution is 0.622. The van der Waals surface area contributed by atoms with E-state index in [1.54, 1.807) is 29.7 Å². The minimum absolute atomic E-state index is 0.327. The van der Waals surface area contributed by atoms with Gasteiger partial charge >= 0.3 is 0 Å². The summed E-state index contributed by atoms with van der Waals surface area (Å²) in [6.07, 6.45) is 0. The Labute approximate surface area is 133 Å². The third-order valence-corrected chi connectivity index (χ3v) is 3.95. The summed E-state index contributed by atoms with van der Waals surface area (Å²) in [5.41, 5.74) is 1.69. The van der Waals surface area contributed by atoms with Crippen LogP contribution in [-0.4, -0.2) is 9.55 Å². The van der Waals surface area contributed by atoms with Gasteiger partial charge in [-0.2, -0.15) is 0 Å². The van der Waals surface area contributed by atoms with Crippen molar-refractivity contribution in [2.75, 3.05) is 0 Å². The van der Waals surface area contributed by atoms with Gasteiger partial charge in [0.2, 0.25) is 0 Å². The molecule has 1 aromatic heterocycles. The lowest BCUT2D eigenvalue weighted by Crippen LogP contribution is -2.02. The second-order valence-corrected chi connectivity index (χ2v) is 6.17. The molecule has 0 aliphatic heterocycles. The number of halogens is 4. The number of aromatic nitrogens is 2. The van der Waals surface area contributed by atoms with Crippen LogP contribution in [0.2, 0.25) is 0 Å². The summed E-state index contributed by atoms with van der Waals surface area (Å²) >= 11 is 9.30. The van der Waals surface area contributed by atoms with Crippen LogP contribution in [0.1, 0.15) is 18.1 Å². The molecule has 6 heteroatoms. The number of benzene rings is 2. The summed E-state index contributed by atoms with van der Waals surface area (Å²) in [4.78, 5) is 4.43. The molecule has 0 N–H and O–H groups in total. The number of hydrogen-bond acceptors (Lipinski definition) is 1. The lowest BCUT2D eigenvalue weighted by Gasteiger charge is -2.10. The molecular weight excluding hydrogens is 362 g/mol. The van der Waals surface area contributed by atoms with Gasteiger partial charge in [0.1, 0.15) is 17.5 Å². The van der Waals surface area contributed by atoms with E-state index in [4.69, 9.17) is 11.6 Å². The van der Waals surface area contributed by atoms with Crippen molar-refractivity contribution in [2.24, 2.45) is 0 Å². The van der Waals surface area contributed by atoms with Crippen LogP contribution in [0.15, 0.2) is 40.9 Å². The highest BCUT2D eigenvalue weighted by molar-refractivity contribution is 9.10. The predicted octanol–water partition coefficient (Wildman–Crippen LogP) is 5.37. The minimum Gasteiger partial charge on any atom is -0.295 e. The van der Waals surface area contributed by atoms with Crippen molar-refractivity contribution in [1.82, 2.24) is 9.55 Å². The number of imidazole rings is 1. The topological polar surface area (TPSA) is 17.8 Å². The van der Waals surface area contributed by atoms with E-state index >= 15 is 0 Å². The van der Waals surface area contributed by atoms with Gasteiger partial charge < -0.3 is 0 Å². The van der Waals surface area contributed by atoms with E-state index < -0.39 is 11.2 Å². The second-order valence-electron chi connectivity index (χ2n) is 4.66. The van der Waals surface area contributed by atoms with Gasteiger partial charge in [0.25, 0.3) is 0 Å². The maximum atomic E-state index is 13.8. The summed E-state index contributed by atoms with van der Waals surface area (Å²) in [6.45, 7) is 1.77. The Kier molecular flexibility index (Phi) is 3.71. The summed E-state index contributed by atoms with van der Waals surface area (Å²) in [5.74, 6) is -0.247. The Morgan fingerprint density at radius 2 is 2.00 bits per heavy atom. The summed E-state index contributed by atoms with van der Waals surface area (Å²) in [6, 6.07) is 8.98. The second kappa shape index (κ2) is 5.39. The van der Waals surface area contributed by atoms with Crippen molar-refractivity contribution in [2.45, 2.75) is 12.3 Å². The van der Waals surface area contributed by atoms with Gasteiger partial charge in [-0.05, 0) is 47.1 Å². The Bertz CT molecular complexity index is 830. The molecule has 108 valence electrons. The fourth-order valence-electron chi connectivity index (χ4n) is 2.24. The molecule has 1 atom stereocenters. The molecule has 1 heterocycles. The van der Waals surface area contributed by atoms with E-state index in [1.165, 1.54) is 18.2 Å². The molecule has 0 fully saturated rings. The van der Waals surface area contributed by atoms with Gasteiger partial charge in [-0.3, -0.25) is 4.57 Å². The Hall–Kier alpha value is -1.46. The standard InChI is InChI=1S/C15H10BrClF2N2/c1-8(17)15-20-13-6-11(16)12(19)7-14(13)21(15)10-4-2-3-9(18)5-10/h2-8H,1H3. The van der Waals surface area contributed by atoms with Crippen molar-refractivity contribution >= 4 is 38.6 Å². The molecule has 0 radical (unpaired) electrons. The zero-order chi connectivity index (χ0) is 15.1. The van der Waals surface area contributed by atoms with E-state index in [0.29, 0.717) is 27.0 Å². The number of nitrogens with zero attached hydrogens (tertiary/aromatic N) is 2.